The molecule has 0 N–H and O–H groups in total. The lowest BCUT2D eigenvalue weighted by atomic mass is 10.0. The van der Waals surface area contributed by atoms with Crippen molar-refractivity contribution in [3.05, 3.63) is 170 Å². The molecule has 10 rings (SSSR count). The SMILES string of the molecule is c1ccc(-c2cccc(-n3c4ccccc4c4cc(-c5ccc6c(c5)c5ccccc5n6-c5coc6ccccc56)ccc43)c2)cc1. The van der Waals surface area contributed by atoms with Crippen molar-refractivity contribution in [2.45, 2.75) is 0 Å². The number of benzene rings is 7. The average molecular weight is 601 g/mol. The van der Waals surface area contributed by atoms with Crippen molar-refractivity contribution >= 4 is 54.6 Å². The standard InChI is InChI=1S/C44H28N2O/c1-2-11-29(12-3-1)30-13-10-14-33(25-30)45-39-18-7-4-15-34(39)37-26-31(21-23-41(37)45)32-22-24-42-38(27-32)35-16-5-8-19-40(35)46(42)43-28-47-44-20-9-6-17-36(43)44/h1-28H. The highest BCUT2D eigenvalue weighted by Crippen LogP contribution is 2.39. The smallest absolute Gasteiger partial charge is 0.136 e. The Morgan fingerprint density at radius 3 is 1.60 bits per heavy atom. The molecule has 0 fully saturated rings. The van der Waals surface area contributed by atoms with Gasteiger partial charge in [0.05, 0.1) is 27.8 Å². The molecule has 0 bridgehead atoms. The quantitative estimate of drug-likeness (QED) is 0.197. The molecule has 0 aliphatic heterocycles. The number of hydrogen-bond donors (Lipinski definition) is 0. The number of nitrogens with zero attached hydrogens (tertiary/aromatic N) is 2. The first-order valence-electron chi connectivity index (χ1n) is 16.0. The number of furan rings is 1. The molecule has 7 aromatic carbocycles. The largest absolute Gasteiger partial charge is 0.462 e. The summed E-state index contributed by atoms with van der Waals surface area (Å²) in [5.74, 6) is 0. The van der Waals surface area contributed by atoms with Gasteiger partial charge in [0.1, 0.15) is 11.8 Å². The monoisotopic (exact) mass is 600 g/mol. The minimum atomic E-state index is 0.893. The molecule has 0 aliphatic rings. The summed E-state index contributed by atoms with van der Waals surface area (Å²) in [5, 5.41) is 6.05. The van der Waals surface area contributed by atoms with Crippen LogP contribution in [-0.4, -0.2) is 9.13 Å². The zero-order valence-electron chi connectivity index (χ0n) is 25.5. The van der Waals surface area contributed by atoms with E-state index in [1.54, 1.807) is 0 Å². The van der Waals surface area contributed by atoms with Crippen LogP contribution in [0.1, 0.15) is 0 Å². The van der Waals surface area contributed by atoms with Gasteiger partial charge in [-0.1, -0.05) is 103 Å². The van der Waals surface area contributed by atoms with Crippen LogP contribution in [0.5, 0.6) is 0 Å². The molecule has 0 unspecified atom stereocenters. The fourth-order valence-electron chi connectivity index (χ4n) is 7.43. The zero-order valence-corrected chi connectivity index (χ0v) is 25.5. The molecule has 220 valence electrons. The molecule has 0 amide bonds. The topological polar surface area (TPSA) is 23.0 Å². The molecule has 0 spiro atoms. The summed E-state index contributed by atoms with van der Waals surface area (Å²) in [6.45, 7) is 0. The van der Waals surface area contributed by atoms with Crippen LogP contribution in [0.15, 0.2) is 174 Å². The van der Waals surface area contributed by atoms with Gasteiger partial charge in [-0.25, -0.2) is 0 Å². The molecule has 10 aromatic rings. The third kappa shape index (κ3) is 3.93. The summed E-state index contributed by atoms with van der Waals surface area (Å²) in [5.41, 5.74) is 12.7. The van der Waals surface area contributed by atoms with E-state index in [4.69, 9.17) is 4.42 Å². The van der Waals surface area contributed by atoms with Gasteiger partial charge < -0.3 is 13.6 Å². The first-order chi connectivity index (χ1) is 23.3. The van der Waals surface area contributed by atoms with Crippen molar-refractivity contribution in [3.8, 4) is 33.6 Å². The average Bonchev–Trinajstić information content (AvgIpc) is 3.81. The van der Waals surface area contributed by atoms with Crippen LogP contribution in [0, 0.1) is 0 Å². The highest BCUT2D eigenvalue weighted by molar-refractivity contribution is 6.13. The summed E-state index contributed by atoms with van der Waals surface area (Å²) in [7, 11) is 0. The molecular weight excluding hydrogens is 572 g/mol. The summed E-state index contributed by atoms with van der Waals surface area (Å²) in [6, 6.07) is 58.9. The molecule has 3 aromatic heterocycles. The number of rotatable bonds is 4. The van der Waals surface area contributed by atoms with Crippen molar-refractivity contribution in [1.82, 2.24) is 9.13 Å². The molecule has 0 aliphatic carbocycles. The predicted octanol–water partition coefficient (Wildman–Crippen LogP) is 12.0. The summed E-state index contributed by atoms with van der Waals surface area (Å²) < 4.78 is 10.7. The van der Waals surface area contributed by atoms with Gasteiger partial charge in [0, 0.05) is 32.6 Å². The molecule has 0 radical (unpaired) electrons. The van der Waals surface area contributed by atoms with E-state index in [2.05, 4.69) is 161 Å². The van der Waals surface area contributed by atoms with Crippen LogP contribution in [0.25, 0.3) is 88.2 Å². The first kappa shape index (κ1) is 26.0. The van der Waals surface area contributed by atoms with Gasteiger partial charge in [-0.15, -0.1) is 0 Å². The van der Waals surface area contributed by atoms with E-state index in [-0.39, 0.29) is 0 Å². The van der Waals surface area contributed by atoms with Crippen LogP contribution in [0.3, 0.4) is 0 Å². The maximum atomic E-state index is 5.98. The van der Waals surface area contributed by atoms with E-state index in [0.717, 1.165) is 27.9 Å². The maximum Gasteiger partial charge on any atom is 0.136 e. The van der Waals surface area contributed by atoms with E-state index in [1.807, 2.05) is 18.4 Å². The van der Waals surface area contributed by atoms with E-state index in [0.29, 0.717) is 0 Å². The van der Waals surface area contributed by atoms with Crippen LogP contribution < -0.4 is 0 Å². The number of fused-ring (bicyclic) bond motifs is 7. The van der Waals surface area contributed by atoms with Gasteiger partial charge in [-0.05, 0) is 82.9 Å². The Balaban J connectivity index is 1.15. The molecule has 47 heavy (non-hydrogen) atoms. The summed E-state index contributed by atoms with van der Waals surface area (Å²) >= 11 is 0. The molecular formula is C44H28N2O. The van der Waals surface area contributed by atoms with E-state index >= 15 is 0 Å². The van der Waals surface area contributed by atoms with Crippen molar-refractivity contribution in [3.63, 3.8) is 0 Å². The van der Waals surface area contributed by atoms with Gasteiger partial charge in [0.25, 0.3) is 0 Å². The van der Waals surface area contributed by atoms with Crippen LogP contribution in [-0.2, 0) is 0 Å². The second-order valence-corrected chi connectivity index (χ2v) is 12.2. The van der Waals surface area contributed by atoms with Crippen molar-refractivity contribution in [2.75, 3.05) is 0 Å². The predicted molar refractivity (Wildman–Crippen MR) is 196 cm³/mol. The number of para-hydroxylation sites is 3. The normalized spacial score (nSPS) is 11.8. The molecule has 0 atom stereocenters. The zero-order chi connectivity index (χ0) is 30.9. The Kier molecular flexibility index (Phi) is 5.57. The lowest BCUT2D eigenvalue weighted by molar-refractivity contribution is 0.614. The Labute approximate surface area is 271 Å². The van der Waals surface area contributed by atoms with E-state index in [1.165, 1.54) is 60.3 Å². The van der Waals surface area contributed by atoms with E-state index in [9.17, 15) is 0 Å². The van der Waals surface area contributed by atoms with Crippen LogP contribution >= 0.6 is 0 Å². The molecule has 3 heteroatoms. The van der Waals surface area contributed by atoms with Gasteiger partial charge in [-0.2, -0.15) is 0 Å². The highest BCUT2D eigenvalue weighted by Gasteiger charge is 2.18. The van der Waals surface area contributed by atoms with Gasteiger partial charge >= 0.3 is 0 Å². The van der Waals surface area contributed by atoms with Gasteiger partial charge in [0.2, 0.25) is 0 Å². The molecule has 0 saturated heterocycles. The fourth-order valence-corrected chi connectivity index (χ4v) is 7.43. The fraction of sp³-hybridized carbons (Fsp3) is 0. The van der Waals surface area contributed by atoms with Crippen molar-refractivity contribution < 1.29 is 4.42 Å². The van der Waals surface area contributed by atoms with Gasteiger partial charge in [0.15, 0.2) is 0 Å². The second-order valence-electron chi connectivity index (χ2n) is 12.2. The summed E-state index contributed by atoms with van der Waals surface area (Å²) in [6.07, 6.45) is 1.88. The Morgan fingerprint density at radius 1 is 0.340 bits per heavy atom. The van der Waals surface area contributed by atoms with Crippen LogP contribution in [0.4, 0.5) is 0 Å². The highest BCUT2D eigenvalue weighted by atomic mass is 16.3. The van der Waals surface area contributed by atoms with Gasteiger partial charge in [-0.3, -0.25) is 0 Å². The third-order valence-corrected chi connectivity index (χ3v) is 9.59. The lowest BCUT2D eigenvalue weighted by Gasteiger charge is -2.11. The minimum Gasteiger partial charge on any atom is -0.462 e. The molecule has 0 saturated carbocycles. The maximum absolute atomic E-state index is 5.98. The second kappa shape index (κ2) is 10.1. The number of hydrogen-bond acceptors (Lipinski definition) is 1. The molecule has 3 heterocycles. The molecule has 3 nitrogen and oxygen atoms in total. The lowest BCUT2D eigenvalue weighted by Crippen LogP contribution is -1.94. The van der Waals surface area contributed by atoms with E-state index < -0.39 is 0 Å². The Bertz CT molecular complexity index is 2800. The van der Waals surface area contributed by atoms with Crippen molar-refractivity contribution in [2.24, 2.45) is 0 Å². The van der Waals surface area contributed by atoms with Crippen molar-refractivity contribution in [1.29, 1.82) is 0 Å². The third-order valence-electron chi connectivity index (χ3n) is 9.59. The Morgan fingerprint density at radius 2 is 0.872 bits per heavy atom. The number of aromatic nitrogens is 2. The first-order valence-corrected chi connectivity index (χ1v) is 16.0. The van der Waals surface area contributed by atoms with Crippen LogP contribution in [0.2, 0.25) is 0 Å². The minimum absolute atomic E-state index is 0.893. The Hall–Kier alpha value is -6.32. The summed E-state index contributed by atoms with van der Waals surface area (Å²) in [4.78, 5) is 0.